The number of carboxylic acid groups (broad SMARTS) is 1. The minimum Gasteiger partial charge on any atom is -0.480 e. The van der Waals surface area contributed by atoms with Crippen LogP contribution >= 0.6 is 24.0 Å². The van der Waals surface area contributed by atoms with Crippen molar-refractivity contribution in [1.29, 1.82) is 0 Å². The highest BCUT2D eigenvalue weighted by atomic mass is 32.2. The van der Waals surface area contributed by atoms with E-state index in [2.05, 4.69) is 5.10 Å². The third kappa shape index (κ3) is 2.44. The topological polar surface area (TPSA) is 75.4 Å². The fourth-order valence-electron chi connectivity index (χ4n) is 1.43. The fraction of sp³-hybridized carbons (Fsp3) is 0.200. The summed E-state index contributed by atoms with van der Waals surface area (Å²) in [5.41, 5.74) is 0.755. The maximum absolute atomic E-state index is 11.9. The molecule has 1 aliphatic heterocycles. The van der Waals surface area contributed by atoms with Crippen molar-refractivity contribution in [2.45, 2.75) is 0 Å². The van der Waals surface area contributed by atoms with Gasteiger partial charge in [-0.1, -0.05) is 24.0 Å². The number of carbonyl (C=O) groups is 2. The number of hydrogen-bond donors (Lipinski definition) is 1. The normalized spacial score (nSPS) is 17.8. The van der Waals surface area contributed by atoms with E-state index in [0.29, 0.717) is 4.91 Å². The van der Waals surface area contributed by atoms with Crippen molar-refractivity contribution in [1.82, 2.24) is 14.7 Å². The quantitative estimate of drug-likeness (QED) is 0.650. The Bertz CT molecular complexity index is 564. The second kappa shape index (κ2) is 4.91. The van der Waals surface area contributed by atoms with Crippen LogP contribution in [-0.2, 0) is 16.6 Å². The monoisotopic (exact) mass is 283 g/mol. The summed E-state index contributed by atoms with van der Waals surface area (Å²) in [4.78, 5) is 24.1. The van der Waals surface area contributed by atoms with Crippen LogP contribution in [-0.4, -0.2) is 42.5 Å². The minimum atomic E-state index is -1.09. The Morgan fingerprint density at radius 1 is 1.67 bits per heavy atom. The summed E-state index contributed by atoms with van der Waals surface area (Å²) in [5, 5.41) is 12.7. The van der Waals surface area contributed by atoms with Crippen molar-refractivity contribution in [2.24, 2.45) is 7.05 Å². The first kappa shape index (κ1) is 12.8. The van der Waals surface area contributed by atoms with E-state index in [-0.39, 0.29) is 10.2 Å². The smallest absolute Gasteiger partial charge is 0.323 e. The number of nitrogens with zero attached hydrogens (tertiary/aromatic N) is 3. The van der Waals surface area contributed by atoms with Crippen molar-refractivity contribution in [2.75, 3.05) is 6.54 Å². The van der Waals surface area contributed by atoms with Gasteiger partial charge in [0.2, 0.25) is 0 Å². The van der Waals surface area contributed by atoms with Gasteiger partial charge in [-0.3, -0.25) is 19.2 Å². The molecule has 18 heavy (non-hydrogen) atoms. The molecule has 0 spiro atoms. The lowest BCUT2D eigenvalue weighted by Crippen LogP contribution is -2.33. The summed E-state index contributed by atoms with van der Waals surface area (Å²) in [6.07, 6.45) is 3.26. The Morgan fingerprint density at radius 2 is 2.39 bits per heavy atom. The number of thioether (sulfide) groups is 1. The van der Waals surface area contributed by atoms with Crippen LogP contribution in [0, 0.1) is 0 Å². The van der Waals surface area contributed by atoms with Gasteiger partial charge >= 0.3 is 5.97 Å². The molecule has 0 atom stereocenters. The van der Waals surface area contributed by atoms with Crippen molar-refractivity contribution in [3.63, 3.8) is 0 Å². The minimum absolute atomic E-state index is 0.260. The highest BCUT2D eigenvalue weighted by Crippen LogP contribution is 2.32. The molecule has 0 aromatic carbocycles. The van der Waals surface area contributed by atoms with Crippen molar-refractivity contribution in [3.8, 4) is 0 Å². The molecule has 6 nitrogen and oxygen atoms in total. The standard InChI is InChI=1S/C10H9N3O3S2/c1-12-6(2-3-11-12)4-7-9(16)13(5-8(14)15)10(17)18-7/h2-4H,5H2,1H3,(H,14,15)/b7-4+. The summed E-state index contributed by atoms with van der Waals surface area (Å²) in [6, 6.07) is 1.75. The van der Waals surface area contributed by atoms with Crippen LogP contribution in [0.3, 0.4) is 0 Å². The van der Waals surface area contributed by atoms with Crippen LogP contribution in [0.1, 0.15) is 5.69 Å². The van der Waals surface area contributed by atoms with Crippen molar-refractivity contribution in [3.05, 3.63) is 22.9 Å². The molecule has 1 amide bonds. The number of amides is 1. The van der Waals surface area contributed by atoms with Crippen LogP contribution in [0.4, 0.5) is 0 Å². The van der Waals surface area contributed by atoms with Gasteiger partial charge in [0.05, 0.1) is 10.6 Å². The molecule has 1 aromatic rings. The first-order chi connectivity index (χ1) is 8.49. The third-order valence-electron chi connectivity index (χ3n) is 2.30. The molecule has 0 saturated carbocycles. The van der Waals surface area contributed by atoms with Crippen LogP contribution in [0.2, 0.25) is 0 Å². The molecule has 94 valence electrons. The van der Waals surface area contributed by atoms with Crippen LogP contribution in [0.15, 0.2) is 17.2 Å². The zero-order chi connectivity index (χ0) is 13.3. The van der Waals surface area contributed by atoms with Crippen molar-refractivity contribution < 1.29 is 14.7 Å². The number of carboxylic acids is 1. The molecule has 1 saturated heterocycles. The van der Waals surface area contributed by atoms with E-state index in [9.17, 15) is 9.59 Å². The van der Waals surface area contributed by atoms with Crippen molar-refractivity contribution >= 4 is 46.3 Å². The zero-order valence-corrected chi connectivity index (χ0v) is 11.0. The number of hydrogen-bond acceptors (Lipinski definition) is 5. The average Bonchev–Trinajstić information content (AvgIpc) is 2.79. The second-order valence-electron chi connectivity index (χ2n) is 3.54. The highest BCUT2D eigenvalue weighted by molar-refractivity contribution is 8.26. The fourth-order valence-corrected chi connectivity index (χ4v) is 2.67. The zero-order valence-electron chi connectivity index (χ0n) is 9.36. The number of carbonyl (C=O) groups excluding carboxylic acids is 1. The van der Waals surface area contributed by atoms with E-state index in [0.717, 1.165) is 22.4 Å². The molecule has 0 unspecified atom stereocenters. The molecular formula is C10H9N3O3S2. The maximum Gasteiger partial charge on any atom is 0.323 e. The van der Waals surface area contributed by atoms with E-state index < -0.39 is 12.5 Å². The predicted molar refractivity (Wildman–Crippen MR) is 70.7 cm³/mol. The summed E-state index contributed by atoms with van der Waals surface area (Å²) in [7, 11) is 1.75. The molecule has 2 rings (SSSR count). The van der Waals surface area contributed by atoms with E-state index in [1.807, 2.05) is 0 Å². The molecule has 1 N–H and O–H groups in total. The Labute approximate surface area is 112 Å². The number of aliphatic carboxylic acids is 1. The summed E-state index contributed by atoms with van der Waals surface area (Å²) in [6.45, 7) is -0.409. The lowest BCUT2D eigenvalue weighted by atomic mass is 10.3. The Morgan fingerprint density at radius 3 is 2.94 bits per heavy atom. The van der Waals surface area contributed by atoms with E-state index in [1.54, 1.807) is 30.1 Å². The molecule has 2 heterocycles. The number of aryl methyl sites for hydroxylation is 1. The molecule has 1 aromatic heterocycles. The average molecular weight is 283 g/mol. The molecule has 0 bridgehead atoms. The Balaban J connectivity index is 2.25. The molecule has 1 fully saturated rings. The van der Waals surface area contributed by atoms with Gasteiger partial charge in [-0.2, -0.15) is 5.10 Å². The summed E-state index contributed by atoms with van der Waals surface area (Å²) >= 11 is 6.08. The highest BCUT2D eigenvalue weighted by Gasteiger charge is 2.33. The first-order valence-corrected chi connectivity index (χ1v) is 6.16. The van der Waals surface area contributed by atoms with Gasteiger partial charge < -0.3 is 5.11 Å². The lowest BCUT2D eigenvalue weighted by Gasteiger charge is -2.10. The van der Waals surface area contributed by atoms with Gasteiger partial charge in [-0.05, 0) is 12.1 Å². The van der Waals surface area contributed by atoms with Gasteiger partial charge in [0, 0.05) is 13.2 Å². The van der Waals surface area contributed by atoms with Gasteiger partial charge in [0.25, 0.3) is 5.91 Å². The molecule has 0 radical (unpaired) electrons. The third-order valence-corrected chi connectivity index (χ3v) is 3.68. The molecular weight excluding hydrogens is 274 g/mol. The van der Waals surface area contributed by atoms with Crippen LogP contribution in [0.5, 0.6) is 0 Å². The van der Waals surface area contributed by atoms with Crippen LogP contribution in [0.25, 0.3) is 6.08 Å². The number of rotatable bonds is 3. The predicted octanol–water partition coefficient (Wildman–Crippen LogP) is 0.706. The summed E-state index contributed by atoms with van der Waals surface area (Å²) in [5.74, 6) is -1.47. The SMILES string of the molecule is Cn1nccc1/C=C1/SC(=S)N(CC(=O)O)C1=O. The maximum atomic E-state index is 11.9. The van der Waals surface area contributed by atoms with Gasteiger partial charge in [0.15, 0.2) is 0 Å². The number of aromatic nitrogens is 2. The van der Waals surface area contributed by atoms with E-state index in [1.165, 1.54) is 0 Å². The Kier molecular flexibility index (Phi) is 3.48. The van der Waals surface area contributed by atoms with Gasteiger partial charge in [-0.15, -0.1) is 0 Å². The van der Waals surface area contributed by atoms with Gasteiger partial charge in [-0.25, -0.2) is 0 Å². The second-order valence-corrected chi connectivity index (χ2v) is 5.22. The first-order valence-electron chi connectivity index (χ1n) is 4.94. The van der Waals surface area contributed by atoms with Gasteiger partial charge in [0.1, 0.15) is 10.9 Å². The molecule has 1 aliphatic rings. The molecule has 8 heteroatoms. The van der Waals surface area contributed by atoms with E-state index >= 15 is 0 Å². The van der Waals surface area contributed by atoms with Crippen LogP contribution < -0.4 is 0 Å². The lowest BCUT2D eigenvalue weighted by molar-refractivity contribution is -0.140. The summed E-state index contributed by atoms with van der Waals surface area (Å²) < 4.78 is 1.87. The number of thiocarbonyl (C=S) groups is 1. The Hall–Kier alpha value is -1.67. The van der Waals surface area contributed by atoms with E-state index in [4.69, 9.17) is 17.3 Å². The largest absolute Gasteiger partial charge is 0.480 e. The molecule has 0 aliphatic carbocycles.